The number of allylic oxidation sites excluding steroid dienone is 8. The number of hydrogen-bond acceptors (Lipinski definition) is 28. The van der Waals surface area contributed by atoms with Crippen molar-refractivity contribution in [2.75, 3.05) is 74.3 Å². The molecule has 0 saturated carbocycles. The van der Waals surface area contributed by atoms with Gasteiger partial charge in [0.15, 0.2) is 5.71 Å². The number of aryl methyl sites for hydroxylation is 3. The Bertz CT molecular complexity index is 6480. The van der Waals surface area contributed by atoms with E-state index in [1.807, 2.05) is 92.7 Å². The fourth-order valence-electron chi connectivity index (χ4n) is 17.2. The van der Waals surface area contributed by atoms with Gasteiger partial charge < -0.3 is 66.7 Å². The van der Waals surface area contributed by atoms with Gasteiger partial charge in [0.05, 0.1) is 71.7 Å². The van der Waals surface area contributed by atoms with E-state index < -0.39 is 155 Å². The molecule has 48 heteroatoms. The number of aromatic hydroxyl groups is 2. The third-order valence-electron chi connectivity index (χ3n) is 24.7. The topological polar surface area (TPSA) is 649 Å². The van der Waals surface area contributed by atoms with Crippen LogP contribution in [0.1, 0.15) is 196 Å². The number of fused-ring (bicyclic) bond motifs is 2. The molecule has 0 bridgehead atoms. The largest absolute Gasteiger partial charge is 0.508 e. The number of carboxylic acid groups (broad SMARTS) is 2. The maximum atomic E-state index is 13.9. The molecule has 42 nitrogen and oxygen atoms in total. The summed E-state index contributed by atoms with van der Waals surface area (Å²) in [5, 5.41) is 75.7. The van der Waals surface area contributed by atoms with E-state index >= 15 is 0 Å². The molecule has 0 saturated heterocycles. The number of sulfonamides is 1. The first-order valence-corrected chi connectivity index (χ1v) is 54.5. The van der Waals surface area contributed by atoms with Crippen LogP contribution in [-0.4, -0.2) is 246 Å². The predicted octanol–water partition coefficient (Wildman–Crippen LogP) is 8.20. The van der Waals surface area contributed by atoms with Crippen LogP contribution in [0.2, 0.25) is 0 Å². The van der Waals surface area contributed by atoms with Crippen molar-refractivity contribution >= 4 is 137 Å². The van der Waals surface area contributed by atoms with Crippen LogP contribution in [0, 0.1) is 0 Å². The highest BCUT2D eigenvalue weighted by Gasteiger charge is 2.46. The highest BCUT2D eigenvalue weighted by molar-refractivity contribution is 7.91. The van der Waals surface area contributed by atoms with Crippen LogP contribution in [0.15, 0.2) is 171 Å². The lowest BCUT2D eigenvalue weighted by molar-refractivity contribution is -0.438. The van der Waals surface area contributed by atoms with Crippen molar-refractivity contribution in [1.82, 2.24) is 51.8 Å². The number of aromatic nitrogens is 5. The first kappa shape index (κ1) is 112. The van der Waals surface area contributed by atoms with Gasteiger partial charge in [-0.3, -0.25) is 51.7 Å². The molecule has 2 aliphatic heterocycles. The SMILES string of the molecule is CC1(C)C(/C=C/C2=C(c3ccc(CCCCC(=O)NCCOCCOCCNC(=O)[C@H](CCCCn4cc(CCCC(=O)Nc5nnc(S(N)(=O)=O)s5)nn4)NC(=O)C[C@H](NC(=O)C[C@H](NC(=O)CCC(C)(c4ccc(O)cc4)c4ccc(O)cc4)C(=O)O)C(=O)O)cc3)C(=C/C=C3/N(CCCCS(=O)(=O)O)c4ccc(S(=O)(=O)O)cc4C3(C)C)/CCC2)=[N+](CCCCS(=O)(=O)O)c2ccc(S(=O)(=O)O)cc21. The van der Waals surface area contributed by atoms with E-state index in [9.17, 15) is 119 Å². The van der Waals surface area contributed by atoms with Crippen LogP contribution in [0.3, 0.4) is 0 Å². The van der Waals surface area contributed by atoms with Gasteiger partial charge in [-0.05, 0) is 215 Å². The number of nitrogens with two attached hydrogens (primary N) is 1. The lowest BCUT2D eigenvalue weighted by Crippen LogP contribution is -2.51. The van der Waals surface area contributed by atoms with Gasteiger partial charge in [-0.2, -0.15) is 38.2 Å². The average Bonchev–Trinajstić information content (AvgIpc) is 1.59. The van der Waals surface area contributed by atoms with Gasteiger partial charge in [-0.1, -0.05) is 98.0 Å². The Morgan fingerprint density at radius 2 is 1.14 bits per heavy atom. The standard InChI is InChI=1S/C94H120N14O28S6/c1-92(2)72-56-70(141(129,130)131)37-39-77(72)107(48-10-12-54-138(121,122)123)79(92)41-27-62-17-14-18-63(28-42-80-93(3,4)73-57-71(142(132,133)134)38-40-78(73)108(80)49-11-13-55-139(124,125)126)86(62)64-25-23-61(24-26-64)16-6-7-21-81(111)96-45-50-135-52-53-136-51-46-97-87(116)74(20-8-9-47-106-60-67(102-105-106)19-15-22-82(112)101-90-103-104-91(137-90)140(95,127)128)98-84(114)59-76(89(119)120)100-85(115)58-75(88(117)118)99-83(113)43-44-94(5,65-29-33-68(109)34-30-65)66-31-35-69(110)36-32-66/h23-42,56-57,60,74-76H,6-22,43-55,58-59H2,1-5H3,(H15-,95,96,97,98,99,100,101,103,109,110,111,112,113,114,115,116,117,118,119,120,121,122,123,124,125,126,127,128,129,130,131,132,133,134)/p+1/t74-,75-,76-/m0/s1. The number of nitrogens with one attached hydrogen (secondary N) is 6. The molecule has 142 heavy (non-hydrogen) atoms. The lowest BCUT2D eigenvalue weighted by atomic mass is 9.73. The molecule has 0 fully saturated rings. The van der Waals surface area contributed by atoms with Gasteiger partial charge in [0.1, 0.15) is 36.2 Å². The number of carboxylic acids is 2. The molecule has 10 rings (SSSR count). The monoisotopic (exact) mass is 2090 g/mol. The number of carbonyl (C=O) groups is 8. The Labute approximate surface area is 827 Å². The summed E-state index contributed by atoms with van der Waals surface area (Å²) < 4.78 is 174. The number of ether oxygens (including phenoxy) is 2. The maximum absolute atomic E-state index is 13.9. The number of hydrogen-bond donors (Lipinski definition) is 15. The molecule has 3 aliphatic rings. The van der Waals surface area contributed by atoms with E-state index in [2.05, 4.69) is 52.4 Å². The van der Waals surface area contributed by atoms with Crippen molar-refractivity contribution in [2.24, 2.45) is 5.14 Å². The number of benzene rings is 5. The molecule has 1 aliphatic carbocycles. The van der Waals surface area contributed by atoms with Gasteiger partial charge in [-0.25, -0.2) is 23.1 Å². The molecule has 5 aromatic carbocycles. The minimum absolute atomic E-state index is 0.00114. The smallest absolute Gasteiger partial charge is 0.326 e. The number of aliphatic carboxylic acids is 2. The Morgan fingerprint density at radius 3 is 1.73 bits per heavy atom. The number of nitrogens with zero attached hydrogens (tertiary/aromatic N) is 7. The van der Waals surface area contributed by atoms with E-state index in [0.29, 0.717) is 121 Å². The minimum Gasteiger partial charge on any atom is -0.508 e. The number of amides is 6. The molecule has 16 N–H and O–H groups in total. The van der Waals surface area contributed by atoms with Crippen molar-refractivity contribution < 1.29 is 133 Å². The molecular weight excluding hydrogens is 1970 g/mol. The van der Waals surface area contributed by atoms with Crippen molar-refractivity contribution in [3.05, 3.63) is 196 Å². The number of carbonyl (C=O) groups excluding carboxylic acids is 6. The quantitative estimate of drug-likeness (QED) is 0.00739. The number of phenolic OH excluding ortho intramolecular Hbond substituents is 2. The van der Waals surface area contributed by atoms with Gasteiger partial charge in [0.2, 0.25) is 50.6 Å². The molecule has 0 radical (unpaired) electrons. The van der Waals surface area contributed by atoms with Gasteiger partial charge in [0, 0.05) is 98.0 Å². The normalized spacial score (nSPS) is 15.6. The zero-order valence-corrected chi connectivity index (χ0v) is 83.9. The molecule has 0 unspecified atom stereocenters. The summed E-state index contributed by atoms with van der Waals surface area (Å²) in [4.78, 5) is 107. The van der Waals surface area contributed by atoms with Crippen molar-refractivity contribution in [3.63, 3.8) is 0 Å². The summed E-state index contributed by atoms with van der Waals surface area (Å²) in [6, 6.07) is 24.0. The van der Waals surface area contributed by atoms with Crippen LogP contribution in [-0.2, 0) is 134 Å². The Balaban J connectivity index is 0.723. The van der Waals surface area contributed by atoms with Gasteiger partial charge in [0.25, 0.3) is 50.5 Å². The summed E-state index contributed by atoms with van der Waals surface area (Å²) in [5.41, 5.74) is 7.73. The zero-order chi connectivity index (χ0) is 104. The minimum atomic E-state index is -4.63. The Morgan fingerprint density at radius 1 is 0.570 bits per heavy atom. The van der Waals surface area contributed by atoms with Gasteiger partial charge >= 0.3 is 11.9 Å². The molecule has 4 heterocycles. The van der Waals surface area contributed by atoms with E-state index in [-0.39, 0.29) is 143 Å². The fraction of sp³-hybridized carbons (Fsp3) is 0.457. The van der Waals surface area contributed by atoms with Crippen LogP contribution >= 0.6 is 11.3 Å². The van der Waals surface area contributed by atoms with E-state index in [1.54, 1.807) is 42.6 Å². The van der Waals surface area contributed by atoms with Crippen molar-refractivity contribution in [1.29, 1.82) is 0 Å². The number of unbranched alkanes of at least 4 members (excludes halogenated alkanes) is 4. The average molecular weight is 2090 g/mol. The van der Waals surface area contributed by atoms with E-state index in [1.165, 1.54) is 53.2 Å². The first-order valence-electron chi connectivity index (χ1n) is 46.0. The maximum Gasteiger partial charge on any atom is 0.326 e. The van der Waals surface area contributed by atoms with Crippen LogP contribution in [0.5, 0.6) is 11.5 Å². The van der Waals surface area contributed by atoms with E-state index in [0.717, 1.165) is 39.3 Å². The summed E-state index contributed by atoms with van der Waals surface area (Å²) in [6.45, 7) is 10.7. The molecule has 770 valence electrons. The Kier molecular flexibility index (Phi) is 39.3. The van der Waals surface area contributed by atoms with Gasteiger partial charge in [-0.15, -0.1) is 15.3 Å². The summed E-state index contributed by atoms with van der Waals surface area (Å²) in [6.07, 6.45) is 13.6. The van der Waals surface area contributed by atoms with Crippen LogP contribution in [0.4, 0.5) is 16.5 Å². The highest BCUT2D eigenvalue weighted by atomic mass is 32.3. The summed E-state index contributed by atoms with van der Waals surface area (Å²) >= 11 is 0.593. The molecule has 3 atom stereocenters. The molecule has 7 aromatic rings. The van der Waals surface area contributed by atoms with Crippen molar-refractivity contribution in [3.8, 4) is 11.5 Å². The first-order chi connectivity index (χ1) is 66.9. The second-order valence-corrected chi connectivity index (χ2v) is 44.7. The van der Waals surface area contributed by atoms with Crippen LogP contribution in [0.25, 0.3) is 5.57 Å². The molecule has 0 spiro atoms. The lowest BCUT2D eigenvalue weighted by Gasteiger charge is -2.31. The summed E-state index contributed by atoms with van der Waals surface area (Å²) in [7, 11) is -21.9. The number of primary sulfonamides is 1. The van der Waals surface area contributed by atoms with Crippen LogP contribution < -0.4 is 41.9 Å². The predicted molar refractivity (Wildman–Crippen MR) is 524 cm³/mol. The van der Waals surface area contributed by atoms with E-state index in [4.69, 9.17) is 14.6 Å². The number of rotatable bonds is 56. The molecule has 6 amide bonds. The third kappa shape index (κ3) is 32.8. The summed E-state index contributed by atoms with van der Waals surface area (Å²) in [5.74, 6) is -8.58. The molecule has 2 aromatic heterocycles. The third-order valence-corrected chi connectivity index (χ3v) is 30.1. The second kappa shape index (κ2) is 49.8. The highest BCUT2D eigenvalue weighted by Crippen LogP contribution is 2.50. The number of phenols is 2. The number of anilines is 2. The zero-order valence-electron chi connectivity index (χ0n) is 79.0. The van der Waals surface area contributed by atoms with Crippen molar-refractivity contribution in [2.45, 2.75) is 225 Å². The fourth-order valence-corrected chi connectivity index (χ4v) is 20.7. The molecular formula is C94H121N14O28S6+. The second-order valence-electron chi connectivity index (χ2n) is 36.0. The Hall–Kier alpha value is -11.9.